The van der Waals surface area contributed by atoms with Gasteiger partial charge in [-0.15, -0.1) is 11.3 Å². The summed E-state index contributed by atoms with van der Waals surface area (Å²) >= 11 is 3.30. The molecule has 1 aromatic rings. The zero-order chi connectivity index (χ0) is 18.8. The van der Waals surface area contributed by atoms with Crippen LogP contribution in [0.5, 0.6) is 0 Å². The van der Waals surface area contributed by atoms with Gasteiger partial charge in [-0.2, -0.15) is 11.8 Å². The van der Waals surface area contributed by atoms with Gasteiger partial charge in [0.05, 0.1) is 12.5 Å². The standard InChI is InChI=1S/C19H29NO4S2/c21-16(14-17-5-2-12-26-17)8-7-15-4-1-6-18(22)20(15)10-3-11-25-13-9-19(23)24/h2,5,12,15-16,21H,1,3-4,6-11,13-14H2,(H,23,24)/t15-,16?/m1/s1. The van der Waals surface area contributed by atoms with Gasteiger partial charge in [-0.25, -0.2) is 0 Å². The second kappa shape index (κ2) is 11.6. The fraction of sp³-hybridized carbons (Fsp3) is 0.684. The molecule has 0 aliphatic carbocycles. The number of carbonyl (C=O) groups is 2. The van der Waals surface area contributed by atoms with Crippen LogP contribution in [0, 0.1) is 0 Å². The second-order valence-electron chi connectivity index (χ2n) is 6.76. The summed E-state index contributed by atoms with van der Waals surface area (Å²) in [4.78, 5) is 26.0. The first-order valence-corrected chi connectivity index (χ1v) is 11.4. The minimum atomic E-state index is -0.759. The number of nitrogens with zero attached hydrogens (tertiary/aromatic N) is 1. The van der Waals surface area contributed by atoms with Crippen LogP contribution in [0.1, 0.15) is 49.8 Å². The van der Waals surface area contributed by atoms with Crippen LogP contribution in [0.3, 0.4) is 0 Å². The Labute approximate surface area is 163 Å². The summed E-state index contributed by atoms with van der Waals surface area (Å²) in [5.74, 6) is 0.973. The molecule has 1 aliphatic heterocycles. The molecule has 0 bridgehead atoms. The van der Waals surface area contributed by atoms with Gasteiger partial charge in [0, 0.05) is 36.1 Å². The Morgan fingerprint density at radius 3 is 3.00 bits per heavy atom. The van der Waals surface area contributed by atoms with Crippen LogP contribution in [-0.4, -0.2) is 57.2 Å². The van der Waals surface area contributed by atoms with Gasteiger partial charge in [0.15, 0.2) is 0 Å². The molecule has 7 heteroatoms. The van der Waals surface area contributed by atoms with E-state index in [-0.39, 0.29) is 24.5 Å². The van der Waals surface area contributed by atoms with Gasteiger partial charge >= 0.3 is 5.97 Å². The zero-order valence-corrected chi connectivity index (χ0v) is 16.8. The van der Waals surface area contributed by atoms with Gasteiger partial charge in [0.25, 0.3) is 0 Å². The number of amides is 1. The number of rotatable bonds is 12. The Hall–Kier alpha value is -1.05. The Morgan fingerprint density at radius 1 is 1.42 bits per heavy atom. The van der Waals surface area contributed by atoms with E-state index in [1.165, 1.54) is 4.88 Å². The van der Waals surface area contributed by atoms with Gasteiger partial charge in [-0.1, -0.05) is 6.07 Å². The molecule has 0 saturated carbocycles. The average molecular weight is 400 g/mol. The lowest BCUT2D eigenvalue weighted by atomic mass is 9.95. The lowest BCUT2D eigenvalue weighted by molar-refractivity contribution is -0.137. The molecule has 1 aromatic heterocycles. The number of carbonyl (C=O) groups excluding carboxylic acids is 1. The van der Waals surface area contributed by atoms with Crippen LogP contribution < -0.4 is 0 Å². The number of hydrogen-bond acceptors (Lipinski definition) is 5. The predicted octanol–water partition coefficient (Wildman–Crippen LogP) is 3.41. The summed E-state index contributed by atoms with van der Waals surface area (Å²) in [7, 11) is 0. The maximum absolute atomic E-state index is 12.3. The van der Waals surface area contributed by atoms with E-state index in [0.717, 1.165) is 44.4 Å². The van der Waals surface area contributed by atoms with Gasteiger partial charge in [-0.05, 0) is 49.3 Å². The Morgan fingerprint density at radius 2 is 2.27 bits per heavy atom. The van der Waals surface area contributed by atoms with Crippen LogP contribution in [0.25, 0.3) is 0 Å². The molecule has 1 fully saturated rings. The van der Waals surface area contributed by atoms with Gasteiger partial charge in [0.2, 0.25) is 5.91 Å². The van der Waals surface area contributed by atoms with Crippen LogP contribution in [-0.2, 0) is 16.0 Å². The van der Waals surface area contributed by atoms with Crippen molar-refractivity contribution < 1.29 is 19.8 Å². The monoisotopic (exact) mass is 399 g/mol. The lowest BCUT2D eigenvalue weighted by Gasteiger charge is -2.36. The van der Waals surface area contributed by atoms with Crippen LogP contribution in [0.2, 0.25) is 0 Å². The summed E-state index contributed by atoms with van der Waals surface area (Å²) in [6.45, 7) is 0.741. The van der Waals surface area contributed by atoms with Gasteiger partial charge < -0.3 is 15.1 Å². The lowest BCUT2D eigenvalue weighted by Crippen LogP contribution is -2.44. The molecular formula is C19H29NO4S2. The van der Waals surface area contributed by atoms with Crippen molar-refractivity contribution in [1.29, 1.82) is 0 Å². The number of carboxylic acids is 1. The minimum Gasteiger partial charge on any atom is -0.481 e. The number of carboxylic acid groups (broad SMARTS) is 1. The number of piperidine rings is 1. The summed E-state index contributed by atoms with van der Waals surface area (Å²) in [6, 6.07) is 4.29. The largest absolute Gasteiger partial charge is 0.481 e. The number of aliphatic carboxylic acids is 1. The summed E-state index contributed by atoms with van der Waals surface area (Å²) in [5.41, 5.74) is 0. The van der Waals surface area contributed by atoms with Gasteiger partial charge in [0.1, 0.15) is 0 Å². The van der Waals surface area contributed by atoms with Crippen molar-refractivity contribution >= 4 is 35.0 Å². The molecule has 1 saturated heterocycles. The van der Waals surface area contributed by atoms with Crippen LogP contribution in [0.15, 0.2) is 17.5 Å². The molecule has 5 nitrogen and oxygen atoms in total. The minimum absolute atomic E-state index is 0.193. The van der Waals surface area contributed by atoms with Crippen molar-refractivity contribution in [2.75, 3.05) is 18.1 Å². The molecule has 26 heavy (non-hydrogen) atoms. The van der Waals surface area contributed by atoms with E-state index >= 15 is 0 Å². The van der Waals surface area contributed by atoms with Crippen molar-refractivity contribution in [2.45, 2.75) is 63.5 Å². The highest BCUT2D eigenvalue weighted by Crippen LogP contribution is 2.24. The molecule has 1 unspecified atom stereocenters. The molecule has 1 amide bonds. The van der Waals surface area contributed by atoms with Gasteiger partial charge in [-0.3, -0.25) is 9.59 Å². The fourth-order valence-corrected chi connectivity index (χ4v) is 4.98. The molecule has 2 N–H and O–H groups in total. The second-order valence-corrected chi connectivity index (χ2v) is 9.01. The zero-order valence-electron chi connectivity index (χ0n) is 15.1. The first kappa shape index (κ1) is 21.3. The number of likely N-dealkylation sites (tertiary alicyclic amines) is 1. The smallest absolute Gasteiger partial charge is 0.304 e. The average Bonchev–Trinajstić information content (AvgIpc) is 3.10. The predicted molar refractivity (Wildman–Crippen MR) is 107 cm³/mol. The van der Waals surface area contributed by atoms with E-state index in [4.69, 9.17) is 5.11 Å². The van der Waals surface area contributed by atoms with Crippen molar-refractivity contribution in [3.8, 4) is 0 Å². The molecule has 2 atom stereocenters. The number of aliphatic hydroxyl groups is 1. The van der Waals surface area contributed by atoms with Crippen LogP contribution >= 0.6 is 23.1 Å². The number of thioether (sulfide) groups is 1. The third-order valence-electron chi connectivity index (χ3n) is 4.69. The van der Waals surface area contributed by atoms with E-state index < -0.39 is 5.97 Å². The molecule has 146 valence electrons. The Bertz CT molecular complexity index is 550. The van der Waals surface area contributed by atoms with E-state index in [2.05, 4.69) is 0 Å². The number of hydrogen-bond donors (Lipinski definition) is 2. The van der Waals surface area contributed by atoms with Crippen molar-refractivity contribution in [3.63, 3.8) is 0 Å². The maximum atomic E-state index is 12.3. The SMILES string of the molecule is O=C(O)CCSCCCN1C(=O)CCC[C@@H]1CCC(O)Cc1cccs1. The highest BCUT2D eigenvalue weighted by molar-refractivity contribution is 7.99. The van der Waals surface area contributed by atoms with E-state index in [1.807, 2.05) is 22.4 Å². The first-order chi connectivity index (χ1) is 12.6. The number of thiophene rings is 1. The Kier molecular flexibility index (Phi) is 9.50. The number of aliphatic hydroxyl groups excluding tert-OH is 1. The molecule has 2 heterocycles. The molecular weight excluding hydrogens is 370 g/mol. The molecule has 1 aliphatic rings. The normalized spacial score (nSPS) is 18.9. The third kappa shape index (κ3) is 7.68. The summed E-state index contributed by atoms with van der Waals surface area (Å²) in [5, 5.41) is 20.9. The van der Waals surface area contributed by atoms with E-state index in [0.29, 0.717) is 18.6 Å². The van der Waals surface area contributed by atoms with Crippen molar-refractivity contribution in [3.05, 3.63) is 22.4 Å². The topological polar surface area (TPSA) is 77.8 Å². The Balaban J connectivity index is 1.70. The third-order valence-corrected chi connectivity index (χ3v) is 6.66. The summed E-state index contributed by atoms with van der Waals surface area (Å²) < 4.78 is 0. The molecule has 2 rings (SSSR count). The summed E-state index contributed by atoms with van der Waals surface area (Å²) in [6.07, 6.45) is 5.59. The quantitative estimate of drug-likeness (QED) is 0.527. The maximum Gasteiger partial charge on any atom is 0.304 e. The van der Waals surface area contributed by atoms with E-state index in [9.17, 15) is 14.7 Å². The van der Waals surface area contributed by atoms with Crippen molar-refractivity contribution in [2.24, 2.45) is 0 Å². The van der Waals surface area contributed by atoms with Crippen molar-refractivity contribution in [1.82, 2.24) is 4.90 Å². The fourth-order valence-electron chi connectivity index (χ4n) is 3.35. The first-order valence-electron chi connectivity index (χ1n) is 9.35. The highest BCUT2D eigenvalue weighted by Gasteiger charge is 2.27. The van der Waals surface area contributed by atoms with E-state index in [1.54, 1.807) is 23.1 Å². The molecule has 0 aromatic carbocycles. The highest BCUT2D eigenvalue weighted by atomic mass is 32.2. The molecule has 0 spiro atoms. The van der Waals surface area contributed by atoms with Crippen LogP contribution in [0.4, 0.5) is 0 Å². The molecule has 0 radical (unpaired) electrons.